The quantitative estimate of drug-likeness (QED) is 0.226. The molecule has 0 fully saturated rings. The van der Waals surface area contributed by atoms with Crippen LogP contribution in [-0.4, -0.2) is 30.1 Å². The fourth-order valence-corrected chi connectivity index (χ4v) is 5.32. The van der Waals surface area contributed by atoms with Crippen molar-refractivity contribution >= 4 is 43.6 Å². The van der Waals surface area contributed by atoms with Gasteiger partial charge in [0.25, 0.3) is 0 Å². The average Bonchev–Trinajstić information content (AvgIpc) is 3.04. The zero-order valence-corrected chi connectivity index (χ0v) is 21.2. The average molecular weight is 513 g/mol. The zero-order chi connectivity index (χ0) is 26.5. The number of pyridine rings is 1. The molecule has 5 aromatic carbocycles. The van der Waals surface area contributed by atoms with Gasteiger partial charge in [0.2, 0.25) is 0 Å². The van der Waals surface area contributed by atoms with Crippen LogP contribution in [0.3, 0.4) is 0 Å². The second-order valence-corrected chi connectivity index (χ2v) is 9.70. The summed E-state index contributed by atoms with van der Waals surface area (Å²) in [5.41, 5.74) is 7.18. The summed E-state index contributed by atoms with van der Waals surface area (Å²) in [7, 11) is 0. The molecule has 0 atom stereocenters. The Morgan fingerprint density at radius 3 is 2.00 bits per heavy atom. The van der Waals surface area contributed by atoms with Gasteiger partial charge in [-0.2, -0.15) is 0 Å². The van der Waals surface area contributed by atoms with E-state index in [0.717, 1.165) is 65.9 Å². The molecule has 6 nitrogen and oxygen atoms in total. The predicted octanol–water partition coefficient (Wildman–Crippen LogP) is 7.67. The maximum atomic E-state index is 5.09. The van der Waals surface area contributed by atoms with Crippen LogP contribution in [0.4, 0.5) is 0 Å². The molecule has 0 aliphatic heterocycles. The first-order valence-corrected chi connectivity index (χ1v) is 13.0. The van der Waals surface area contributed by atoms with Gasteiger partial charge in [0.15, 0.2) is 11.6 Å². The molecule has 0 saturated carbocycles. The molecule has 0 aliphatic rings. The van der Waals surface area contributed by atoms with Crippen molar-refractivity contribution in [3.63, 3.8) is 0 Å². The van der Waals surface area contributed by atoms with E-state index in [1.54, 1.807) is 0 Å². The van der Waals surface area contributed by atoms with Gasteiger partial charge in [0.1, 0.15) is 11.0 Å². The molecule has 0 N–H and O–H groups in total. The van der Waals surface area contributed by atoms with E-state index in [0.29, 0.717) is 11.6 Å². The number of rotatable bonds is 3. The minimum atomic E-state index is 0.535. The minimum absolute atomic E-state index is 0.535. The molecule has 186 valence electrons. The SMILES string of the molecule is c1ccc(-c2cc(-c3ncc4ccccc4n3)cc(-c3nnc4c5ccccc5c5ncccc5c4n3)c2)cc1. The van der Waals surface area contributed by atoms with Crippen LogP contribution in [0.15, 0.2) is 122 Å². The van der Waals surface area contributed by atoms with Gasteiger partial charge in [-0.05, 0) is 47.5 Å². The standard InChI is InChI=1S/C34H20N6/c1-2-9-21(10-3-1)23-17-24(33-36-20-22-11-4-7-15-29(22)37-33)19-25(18-23)34-38-31-28-14-8-16-35-30(28)26-12-5-6-13-27(26)32(31)39-40-34/h1-20H. The summed E-state index contributed by atoms with van der Waals surface area (Å²) in [6, 6.07) is 36.6. The normalized spacial score (nSPS) is 11.5. The Labute approximate surface area is 229 Å². The Bertz CT molecular complexity index is 2190. The van der Waals surface area contributed by atoms with Crippen LogP contribution in [-0.2, 0) is 0 Å². The number of hydrogen-bond donors (Lipinski definition) is 0. The summed E-state index contributed by atoms with van der Waals surface area (Å²) >= 11 is 0. The summed E-state index contributed by atoms with van der Waals surface area (Å²) < 4.78 is 0. The van der Waals surface area contributed by atoms with E-state index in [2.05, 4.69) is 40.4 Å². The maximum Gasteiger partial charge on any atom is 0.182 e. The molecule has 0 spiro atoms. The first-order valence-electron chi connectivity index (χ1n) is 13.0. The molecular formula is C34H20N6. The summed E-state index contributed by atoms with van der Waals surface area (Å²) in [6.07, 6.45) is 3.68. The van der Waals surface area contributed by atoms with Crippen LogP contribution in [0.25, 0.3) is 77.5 Å². The zero-order valence-electron chi connectivity index (χ0n) is 21.2. The Morgan fingerprint density at radius 2 is 1.12 bits per heavy atom. The summed E-state index contributed by atoms with van der Waals surface area (Å²) in [6.45, 7) is 0. The third-order valence-corrected chi connectivity index (χ3v) is 7.23. The number of para-hydroxylation sites is 1. The lowest BCUT2D eigenvalue weighted by atomic mass is 9.98. The van der Waals surface area contributed by atoms with Crippen molar-refractivity contribution < 1.29 is 0 Å². The molecule has 0 amide bonds. The predicted molar refractivity (Wildman–Crippen MR) is 160 cm³/mol. The number of benzene rings is 5. The van der Waals surface area contributed by atoms with Crippen molar-refractivity contribution in [1.82, 2.24) is 30.1 Å². The summed E-state index contributed by atoms with van der Waals surface area (Å²) in [4.78, 5) is 19.3. The second kappa shape index (κ2) is 8.99. The van der Waals surface area contributed by atoms with E-state index in [9.17, 15) is 0 Å². The molecular weight excluding hydrogens is 492 g/mol. The van der Waals surface area contributed by atoms with Crippen molar-refractivity contribution in [2.75, 3.05) is 0 Å². The van der Waals surface area contributed by atoms with Gasteiger partial charge < -0.3 is 0 Å². The first-order chi connectivity index (χ1) is 19.8. The van der Waals surface area contributed by atoms with Gasteiger partial charge in [-0.3, -0.25) is 4.98 Å². The number of fused-ring (bicyclic) bond motifs is 7. The first kappa shape index (κ1) is 22.4. The Kier molecular flexibility index (Phi) is 5.03. The van der Waals surface area contributed by atoms with E-state index < -0.39 is 0 Å². The third-order valence-electron chi connectivity index (χ3n) is 7.23. The van der Waals surface area contributed by atoms with Gasteiger partial charge >= 0.3 is 0 Å². The minimum Gasteiger partial charge on any atom is -0.256 e. The van der Waals surface area contributed by atoms with Crippen LogP contribution in [0, 0.1) is 0 Å². The van der Waals surface area contributed by atoms with E-state index in [4.69, 9.17) is 20.1 Å². The van der Waals surface area contributed by atoms with Gasteiger partial charge in [0.05, 0.1) is 11.0 Å². The van der Waals surface area contributed by atoms with Gasteiger partial charge in [-0.15, -0.1) is 10.2 Å². The molecule has 0 bridgehead atoms. The molecule has 8 rings (SSSR count). The highest BCUT2D eigenvalue weighted by Crippen LogP contribution is 2.34. The molecule has 40 heavy (non-hydrogen) atoms. The second-order valence-electron chi connectivity index (χ2n) is 9.70. The molecule has 0 saturated heterocycles. The Balaban J connectivity index is 1.38. The van der Waals surface area contributed by atoms with E-state index in [1.807, 2.05) is 91.3 Å². The molecule has 6 heteroatoms. The highest BCUT2D eigenvalue weighted by molar-refractivity contribution is 6.21. The van der Waals surface area contributed by atoms with Crippen LogP contribution in [0.1, 0.15) is 0 Å². The summed E-state index contributed by atoms with van der Waals surface area (Å²) in [5.74, 6) is 1.18. The van der Waals surface area contributed by atoms with Crippen molar-refractivity contribution in [2.24, 2.45) is 0 Å². The van der Waals surface area contributed by atoms with Gasteiger partial charge in [0, 0.05) is 45.1 Å². The Hall–Kier alpha value is -5.62. The maximum absolute atomic E-state index is 5.09. The number of aromatic nitrogens is 6. The van der Waals surface area contributed by atoms with Crippen LogP contribution in [0.5, 0.6) is 0 Å². The molecule has 0 aliphatic carbocycles. The third kappa shape index (κ3) is 3.66. The van der Waals surface area contributed by atoms with Gasteiger partial charge in [-0.1, -0.05) is 72.8 Å². The van der Waals surface area contributed by atoms with E-state index in [-0.39, 0.29) is 0 Å². The fourth-order valence-electron chi connectivity index (χ4n) is 5.32. The van der Waals surface area contributed by atoms with Crippen molar-refractivity contribution in [3.8, 4) is 33.9 Å². The lowest BCUT2D eigenvalue weighted by Crippen LogP contribution is -1.98. The van der Waals surface area contributed by atoms with Gasteiger partial charge in [-0.25, -0.2) is 15.0 Å². The van der Waals surface area contributed by atoms with Crippen LogP contribution >= 0.6 is 0 Å². The molecule has 3 heterocycles. The molecule has 0 radical (unpaired) electrons. The molecule has 3 aromatic heterocycles. The largest absolute Gasteiger partial charge is 0.256 e. The van der Waals surface area contributed by atoms with Crippen molar-refractivity contribution in [2.45, 2.75) is 0 Å². The summed E-state index contributed by atoms with van der Waals surface area (Å²) in [5, 5.41) is 13.3. The Morgan fingerprint density at radius 1 is 0.425 bits per heavy atom. The monoisotopic (exact) mass is 512 g/mol. The molecule has 0 unspecified atom stereocenters. The van der Waals surface area contributed by atoms with Crippen LogP contribution < -0.4 is 0 Å². The number of hydrogen-bond acceptors (Lipinski definition) is 6. The van der Waals surface area contributed by atoms with Crippen molar-refractivity contribution in [1.29, 1.82) is 0 Å². The highest BCUT2D eigenvalue weighted by Gasteiger charge is 2.16. The topological polar surface area (TPSA) is 77.3 Å². The van der Waals surface area contributed by atoms with E-state index in [1.165, 1.54) is 0 Å². The fraction of sp³-hybridized carbons (Fsp3) is 0. The smallest absolute Gasteiger partial charge is 0.182 e. The highest BCUT2D eigenvalue weighted by atomic mass is 15.2. The molecule has 8 aromatic rings. The van der Waals surface area contributed by atoms with E-state index >= 15 is 0 Å². The lowest BCUT2D eigenvalue weighted by Gasteiger charge is -2.11. The van der Waals surface area contributed by atoms with Crippen molar-refractivity contribution in [3.05, 3.63) is 122 Å². The van der Waals surface area contributed by atoms with Crippen LogP contribution in [0.2, 0.25) is 0 Å². The number of nitrogens with zero attached hydrogens (tertiary/aromatic N) is 6. The lowest BCUT2D eigenvalue weighted by molar-refractivity contribution is 1.04.